The molecule has 0 aliphatic carbocycles. The minimum absolute atomic E-state index is 0.860. The summed E-state index contributed by atoms with van der Waals surface area (Å²) in [5.74, 6) is 0.860. The molecule has 2 nitrogen and oxygen atoms in total. The molecule has 4 rings (SSSR count). The van der Waals surface area contributed by atoms with Gasteiger partial charge in [-0.05, 0) is 53.8 Å². The van der Waals surface area contributed by atoms with E-state index in [4.69, 9.17) is 9.72 Å². The Balaban J connectivity index is 1.77. The largest absolute Gasteiger partial charge is 0.497 e. The molecule has 0 saturated carbocycles. The van der Waals surface area contributed by atoms with Crippen LogP contribution in [0.2, 0.25) is 0 Å². The van der Waals surface area contributed by atoms with E-state index in [0.717, 1.165) is 47.7 Å². The molecular weight excluding hydrogens is 398 g/mol. The predicted molar refractivity (Wildman–Crippen MR) is 133 cm³/mol. The molecular formula is C28H29NOS. The van der Waals surface area contributed by atoms with Gasteiger partial charge in [0, 0.05) is 11.1 Å². The maximum absolute atomic E-state index is 5.32. The molecule has 1 aromatic heterocycles. The van der Waals surface area contributed by atoms with Gasteiger partial charge in [0.1, 0.15) is 10.8 Å². The van der Waals surface area contributed by atoms with E-state index in [2.05, 4.69) is 74.5 Å². The third kappa shape index (κ3) is 4.88. The fraction of sp³-hybridized carbons (Fsp3) is 0.250. The summed E-state index contributed by atoms with van der Waals surface area (Å²) in [6.07, 6.45) is 4.55. The molecule has 3 aromatic carbocycles. The molecule has 0 aliphatic rings. The number of thiazole rings is 1. The standard InChI is InChI=1S/C28H29NOS/c1-4-6-20-8-12-22(13-9-20)26-27(23-14-10-21(7-5-2)11-15-23)31-28(29-26)24-16-18-25(30-3)19-17-24/h8-19H,4-7H2,1-3H3. The first-order valence-corrected chi connectivity index (χ1v) is 11.9. The van der Waals surface area contributed by atoms with E-state index in [9.17, 15) is 0 Å². The monoisotopic (exact) mass is 427 g/mol. The number of hydrogen-bond acceptors (Lipinski definition) is 3. The zero-order valence-electron chi connectivity index (χ0n) is 18.5. The Morgan fingerprint density at radius 1 is 0.677 bits per heavy atom. The molecule has 0 amide bonds. The van der Waals surface area contributed by atoms with Crippen molar-refractivity contribution in [2.75, 3.05) is 7.11 Å². The molecule has 0 N–H and O–H groups in total. The van der Waals surface area contributed by atoms with Crippen molar-refractivity contribution in [3.8, 4) is 38.0 Å². The molecule has 158 valence electrons. The number of aromatic nitrogens is 1. The van der Waals surface area contributed by atoms with Crippen LogP contribution in [0, 0.1) is 0 Å². The van der Waals surface area contributed by atoms with Crippen molar-refractivity contribution in [3.05, 3.63) is 83.9 Å². The van der Waals surface area contributed by atoms with Gasteiger partial charge >= 0.3 is 0 Å². The van der Waals surface area contributed by atoms with Crippen LogP contribution in [-0.2, 0) is 12.8 Å². The highest BCUT2D eigenvalue weighted by Crippen LogP contribution is 2.41. The number of methoxy groups -OCH3 is 1. The van der Waals surface area contributed by atoms with E-state index in [-0.39, 0.29) is 0 Å². The second-order valence-corrected chi connectivity index (χ2v) is 8.82. The van der Waals surface area contributed by atoms with Gasteiger partial charge in [0.25, 0.3) is 0 Å². The first kappa shape index (κ1) is 21.3. The summed E-state index contributed by atoms with van der Waals surface area (Å²) in [5, 5.41) is 1.03. The molecule has 0 unspecified atom stereocenters. The van der Waals surface area contributed by atoms with E-state index in [1.54, 1.807) is 18.4 Å². The second kappa shape index (κ2) is 9.93. The average molecular weight is 428 g/mol. The van der Waals surface area contributed by atoms with Crippen molar-refractivity contribution in [3.63, 3.8) is 0 Å². The highest BCUT2D eigenvalue weighted by Gasteiger charge is 2.16. The Labute approximate surface area is 189 Å². The Hall–Kier alpha value is -2.91. The summed E-state index contributed by atoms with van der Waals surface area (Å²) in [6.45, 7) is 4.44. The van der Waals surface area contributed by atoms with Gasteiger partial charge in [0.05, 0.1) is 17.7 Å². The Morgan fingerprint density at radius 2 is 1.19 bits per heavy atom. The van der Waals surface area contributed by atoms with Gasteiger partial charge < -0.3 is 4.74 Å². The lowest BCUT2D eigenvalue weighted by molar-refractivity contribution is 0.415. The number of rotatable bonds is 8. The summed E-state index contributed by atoms with van der Waals surface area (Å²) < 4.78 is 5.32. The van der Waals surface area contributed by atoms with Crippen molar-refractivity contribution in [2.45, 2.75) is 39.5 Å². The van der Waals surface area contributed by atoms with E-state index < -0.39 is 0 Å². The molecule has 0 fully saturated rings. The minimum Gasteiger partial charge on any atom is -0.497 e. The molecule has 0 atom stereocenters. The Bertz CT molecular complexity index is 1040. The van der Waals surface area contributed by atoms with Crippen LogP contribution < -0.4 is 4.74 Å². The second-order valence-electron chi connectivity index (χ2n) is 7.82. The molecule has 0 radical (unpaired) electrons. The van der Waals surface area contributed by atoms with E-state index >= 15 is 0 Å². The maximum Gasteiger partial charge on any atom is 0.124 e. The summed E-state index contributed by atoms with van der Waals surface area (Å²) in [7, 11) is 1.69. The lowest BCUT2D eigenvalue weighted by atomic mass is 10.0. The number of nitrogens with zero attached hydrogens (tertiary/aromatic N) is 1. The fourth-order valence-corrected chi connectivity index (χ4v) is 4.90. The van der Waals surface area contributed by atoms with Gasteiger partial charge in [-0.15, -0.1) is 11.3 Å². The van der Waals surface area contributed by atoms with Gasteiger partial charge in [0.15, 0.2) is 0 Å². The number of hydrogen-bond donors (Lipinski definition) is 0. The van der Waals surface area contributed by atoms with Crippen LogP contribution in [0.25, 0.3) is 32.3 Å². The van der Waals surface area contributed by atoms with Crippen LogP contribution in [0.4, 0.5) is 0 Å². The number of benzene rings is 3. The summed E-state index contributed by atoms with van der Waals surface area (Å²) in [4.78, 5) is 6.31. The van der Waals surface area contributed by atoms with Crippen molar-refractivity contribution in [1.82, 2.24) is 4.98 Å². The fourth-order valence-electron chi connectivity index (χ4n) is 3.80. The summed E-state index contributed by atoms with van der Waals surface area (Å²) in [6, 6.07) is 26.0. The van der Waals surface area contributed by atoms with Crippen molar-refractivity contribution < 1.29 is 4.74 Å². The minimum atomic E-state index is 0.860. The number of ether oxygens (including phenoxy) is 1. The van der Waals surface area contributed by atoms with Crippen LogP contribution in [-0.4, -0.2) is 12.1 Å². The highest BCUT2D eigenvalue weighted by atomic mass is 32.1. The van der Waals surface area contributed by atoms with Crippen LogP contribution >= 0.6 is 11.3 Å². The summed E-state index contributed by atoms with van der Waals surface area (Å²) >= 11 is 1.76. The normalized spacial score (nSPS) is 10.9. The number of aryl methyl sites for hydroxylation is 2. The zero-order valence-corrected chi connectivity index (χ0v) is 19.3. The highest BCUT2D eigenvalue weighted by molar-refractivity contribution is 7.19. The van der Waals surface area contributed by atoms with E-state index in [1.165, 1.54) is 27.1 Å². The molecule has 0 spiro atoms. The molecule has 4 aromatic rings. The lowest BCUT2D eigenvalue weighted by Gasteiger charge is -2.06. The van der Waals surface area contributed by atoms with Crippen LogP contribution in [0.15, 0.2) is 72.8 Å². The lowest BCUT2D eigenvalue weighted by Crippen LogP contribution is -1.87. The molecule has 1 heterocycles. The van der Waals surface area contributed by atoms with Gasteiger partial charge in [0.2, 0.25) is 0 Å². The van der Waals surface area contributed by atoms with Gasteiger partial charge in [-0.25, -0.2) is 4.98 Å². The Morgan fingerprint density at radius 3 is 1.71 bits per heavy atom. The van der Waals surface area contributed by atoms with E-state index in [1.807, 2.05) is 12.1 Å². The van der Waals surface area contributed by atoms with Crippen molar-refractivity contribution in [1.29, 1.82) is 0 Å². The molecule has 0 bridgehead atoms. The third-order valence-corrected chi connectivity index (χ3v) is 6.64. The molecule has 31 heavy (non-hydrogen) atoms. The molecule has 0 saturated heterocycles. The molecule has 0 aliphatic heterocycles. The first-order valence-electron chi connectivity index (χ1n) is 11.1. The van der Waals surface area contributed by atoms with Crippen LogP contribution in [0.5, 0.6) is 5.75 Å². The third-order valence-electron chi connectivity index (χ3n) is 5.48. The maximum atomic E-state index is 5.32. The van der Waals surface area contributed by atoms with Crippen LogP contribution in [0.3, 0.4) is 0 Å². The van der Waals surface area contributed by atoms with Crippen molar-refractivity contribution >= 4 is 11.3 Å². The summed E-state index contributed by atoms with van der Waals surface area (Å²) in [5.41, 5.74) is 7.33. The van der Waals surface area contributed by atoms with E-state index in [0.29, 0.717) is 0 Å². The first-order chi connectivity index (χ1) is 15.2. The zero-order chi connectivity index (χ0) is 21.6. The predicted octanol–water partition coefficient (Wildman–Crippen LogP) is 8.06. The SMILES string of the molecule is CCCc1ccc(-c2nc(-c3ccc(OC)cc3)sc2-c2ccc(CCC)cc2)cc1. The smallest absolute Gasteiger partial charge is 0.124 e. The quantitative estimate of drug-likeness (QED) is 0.284. The average Bonchev–Trinajstić information content (AvgIpc) is 3.26. The molecule has 3 heteroatoms. The van der Waals surface area contributed by atoms with Gasteiger partial charge in [-0.3, -0.25) is 0 Å². The van der Waals surface area contributed by atoms with Gasteiger partial charge in [-0.2, -0.15) is 0 Å². The van der Waals surface area contributed by atoms with Gasteiger partial charge in [-0.1, -0.05) is 75.2 Å². The topological polar surface area (TPSA) is 22.1 Å². The van der Waals surface area contributed by atoms with Crippen molar-refractivity contribution in [2.24, 2.45) is 0 Å². The van der Waals surface area contributed by atoms with Crippen LogP contribution in [0.1, 0.15) is 37.8 Å². The Kier molecular flexibility index (Phi) is 6.83.